The van der Waals surface area contributed by atoms with Gasteiger partial charge in [-0.05, 0) is 26.8 Å². The quantitative estimate of drug-likeness (QED) is 0.641. The lowest BCUT2D eigenvalue weighted by atomic mass is 10.1. The summed E-state index contributed by atoms with van der Waals surface area (Å²) in [5.41, 5.74) is 5.95. The van der Waals surface area contributed by atoms with Crippen LogP contribution in [0.25, 0.3) is 11.1 Å². The van der Waals surface area contributed by atoms with Crippen LogP contribution in [0.3, 0.4) is 0 Å². The van der Waals surface area contributed by atoms with Gasteiger partial charge in [0.2, 0.25) is 5.88 Å². The van der Waals surface area contributed by atoms with E-state index in [2.05, 4.69) is 10.1 Å². The smallest absolute Gasteiger partial charge is 0.410 e. The number of nitrogens with zero attached hydrogens (tertiary/aromatic N) is 4. The van der Waals surface area contributed by atoms with Gasteiger partial charge >= 0.3 is 6.09 Å². The number of nitrogens with two attached hydrogens (primary N) is 1. The molecule has 2 saturated heterocycles. The molecule has 0 aromatic carbocycles. The first kappa shape index (κ1) is 24.9. The molecule has 2 fully saturated rings. The summed E-state index contributed by atoms with van der Waals surface area (Å²) in [7, 11) is -3.00. The maximum Gasteiger partial charge on any atom is 0.410 e. The van der Waals surface area contributed by atoms with Crippen molar-refractivity contribution in [3.8, 4) is 17.0 Å². The Morgan fingerprint density at radius 2 is 1.91 bits per heavy atom. The highest BCUT2D eigenvalue weighted by Crippen LogP contribution is 2.29. The highest BCUT2D eigenvalue weighted by Gasteiger charge is 2.37. The highest BCUT2D eigenvalue weighted by atomic mass is 32.2. The number of hydrogen-bond donors (Lipinski definition) is 1. The summed E-state index contributed by atoms with van der Waals surface area (Å²) in [5.74, 6) is -0.837. The number of rotatable bonds is 5. The minimum Gasteiger partial charge on any atom is -0.471 e. The number of aromatic nitrogens is 3. The number of primary amides is 1. The predicted octanol–water partition coefficient (Wildman–Crippen LogP) is 1.74. The third kappa shape index (κ3) is 5.72. The predicted molar refractivity (Wildman–Crippen MR) is 123 cm³/mol. The third-order valence-electron chi connectivity index (χ3n) is 5.71. The van der Waals surface area contributed by atoms with E-state index in [-0.39, 0.29) is 48.5 Å². The Kier molecular flexibility index (Phi) is 6.47. The standard InChI is InChI=1S/C22H28FN5O6S/c1-22(2,3)34-21(30)27-5-4-18(17(23)10-27)33-20-16(19(24)29)6-13(7-25-20)14-8-26-28(9-14)15-11-35(31,32)12-15/h6-9,15,17-18H,4-5,10-12H2,1-3H3,(H2,24,29). The second kappa shape index (κ2) is 9.10. The zero-order chi connectivity index (χ0) is 25.5. The first-order valence-corrected chi connectivity index (χ1v) is 13.0. The fraction of sp³-hybridized carbons (Fsp3) is 0.545. The summed E-state index contributed by atoms with van der Waals surface area (Å²) in [6.45, 7) is 5.21. The van der Waals surface area contributed by atoms with Gasteiger partial charge in [-0.3, -0.25) is 9.48 Å². The number of sulfone groups is 1. The third-order valence-corrected chi connectivity index (χ3v) is 7.50. The zero-order valence-corrected chi connectivity index (χ0v) is 20.5. The number of hydrogen-bond acceptors (Lipinski definition) is 8. The van der Waals surface area contributed by atoms with Crippen LogP contribution in [0.4, 0.5) is 9.18 Å². The summed E-state index contributed by atoms with van der Waals surface area (Å²) >= 11 is 0. The van der Waals surface area contributed by atoms with Crippen LogP contribution in [-0.4, -0.2) is 82.6 Å². The molecule has 0 radical (unpaired) electrons. The number of piperidine rings is 1. The molecule has 0 spiro atoms. The highest BCUT2D eigenvalue weighted by molar-refractivity contribution is 7.92. The number of amides is 2. The van der Waals surface area contributed by atoms with Crippen LogP contribution in [0.15, 0.2) is 24.7 Å². The van der Waals surface area contributed by atoms with Crippen LogP contribution < -0.4 is 10.5 Å². The number of likely N-dealkylation sites (tertiary alicyclic amines) is 1. The first-order valence-electron chi connectivity index (χ1n) is 11.1. The lowest BCUT2D eigenvalue weighted by Gasteiger charge is -2.35. The number of pyridine rings is 1. The van der Waals surface area contributed by atoms with Crippen molar-refractivity contribution in [1.82, 2.24) is 19.7 Å². The van der Waals surface area contributed by atoms with E-state index in [0.717, 1.165) is 0 Å². The van der Waals surface area contributed by atoms with E-state index in [1.807, 2.05) is 0 Å². The SMILES string of the molecule is CC(C)(C)OC(=O)N1CCC(Oc2ncc(-c3cnn(C4CS(=O)(=O)C4)c3)cc2C(N)=O)C(F)C1. The van der Waals surface area contributed by atoms with Crippen molar-refractivity contribution in [3.63, 3.8) is 0 Å². The van der Waals surface area contributed by atoms with E-state index in [0.29, 0.717) is 11.1 Å². The molecule has 2 amide bonds. The average Bonchev–Trinajstić information content (AvgIpc) is 3.22. The van der Waals surface area contributed by atoms with Crippen molar-refractivity contribution < 1.29 is 31.9 Å². The number of halogens is 1. The zero-order valence-electron chi connectivity index (χ0n) is 19.7. The molecule has 13 heteroatoms. The van der Waals surface area contributed by atoms with Crippen molar-refractivity contribution >= 4 is 21.8 Å². The molecule has 2 N–H and O–H groups in total. The maximum absolute atomic E-state index is 14.9. The molecule has 2 unspecified atom stereocenters. The van der Waals surface area contributed by atoms with E-state index in [1.165, 1.54) is 23.4 Å². The van der Waals surface area contributed by atoms with Gasteiger partial charge in [-0.2, -0.15) is 5.10 Å². The lowest BCUT2D eigenvalue weighted by Crippen LogP contribution is -2.50. The number of carbonyl (C=O) groups is 2. The summed E-state index contributed by atoms with van der Waals surface area (Å²) < 4.78 is 50.3. The topological polar surface area (TPSA) is 147 Å². The first-order chi connectivity index (χ1) is 16.3. The molecule has 4 rings (SSSR count). The van der Waals surface area contributed by atoms with Crippen molar-refractivity contribution in [2.75, 3.05) is 24.6 Å². The normalized spacial score (nSPS) is 22.3. The van der Waals surface area contributed by atoms with Crippen LogP contribution in [0.5, 0.6) is 5.88 Å². The van der Waals surface area contributed by atoms with E-state index < -0.39 is 39.7 Å². The van der Waals surface area contributed by atoms with Gasteiger partial charge in [-0.15, -0.1) is 0 Å². The number of alkyl halides is 1. The van der Waals surface area contributed by atoms with Gasteiger partial charge in [0.05, 0.1) is 30.3 Å². The number of ether oxygens (including phenoxy) is 2. The number of carbonyl (C=O) groups excluding carboxylic acids is 2. The maximum atomic E-state index is 14.9. The van der Waals surface area contributed by atoms with Crippen LogP contribution >= 0.6 is 0 Å². The summed E-state index contributed by atoms with van der Waals surface area (Å²) in [6.07, 6.45) is 1.80. The molecule has 0 aliphatic carbocycles. The van der Waals surface area contributed by atoms with Crippen molar-refractivity contribution in [3.05, 3.63) is 30.2 Å². The Morgan fingerprint density at radius 1 is 1.20 bits per heavy atom. The van der Waals surface area contributed by atoms with Crippen LogP contribution in [0.1, 0.15) is 43.6 Å². The molecule has 0 bridgehead atoms. The molecule has 2 aromatic heterocycles. The Balaban J connectivity index is 1.45. The molecular formula is C22H28FN5O6S. The van der Waals surface area contributed by atoms with E-state index in [9.17, 15) is 22.4 Å². The lowest BCUT2D eigenvalue weighted by molar-refractivity contribution is -0.0115. The molecule has 11 nitrogen and oxygen atoms in total. The second-order valence-corrected chi connectivity index (χ2v) is 11.9. The van der Waals surface area contributed by atoms with E-state index >= 15 is 0 Å². The van der Waals surface area contributed by atoms with Gasteiger partial charge in [0.1, 0.15) is 17.3 Å². The second-order valence-electron chi connectivity index (χ2n) is 9.77. The largest absolute Gasteiger partial charge is 0.471 e. The average molecular weight is 510 g/mol. The molecule has 2 aliphatic rings. The molecule has 2 atom stereocenters. The summed E-state index contributed by atoms with van der Waals surface area (Å²) in [4.78, 5) is 29.8. The van der Waals surface area contributed by atoms with Gasteiger partial charge in [-0.1, -0.05) is 0 Å². The Morgan fingerprint density at radius 3 is 2.51 bits per heavy atom. The van der Waals surface area contributed by atoms with E-state index in [4.69, 9.17) is 15.2 Å². The van der Waals surface area contributed by atoms with E-state index in [1.54, 1.807) is 31.6 Å². The molecule has 4 heterocycles. The van der Waals surface area contributed by atoms with Crippen molar-refractivity contribution in [2.24, 2.45) is 5.73 Å². The van der Waals surface area contributed by atoms with Crippen LogP contribution in [0.2, 0.25) is 0 Å². The Labute approximate surface area is 202 Å². The molecule has 2 aromatic rings. The van der Waals surface area contributed by atoms with Crippen LogP contribution in [0, 0.1) is 0 Å². The van der Waals surface area contributed by atoms with Gasteiger partial charge in [-0.25, -0.2) is 22.6 Å². The molecule has 35 heavy (non-hydrogen) atoms. The van der Waals surface area contributed by atoms with Gasteiger partial charge in [0, 0.05) is 36.5 Å². The Bertz CT molecular complexity index is 1230. The fourth-order valence-electron chi connectivity index (χ4n) is 3.91. The van der Waals surface area contributed by atoms with Gasteiger partial charge < -0.3 is 20.1 Å². The fourth-order valence-corrected chi connectivity index (χ4v) is 5.29. The van der Waals surface area contributed by atoms with Crippen molar-refractivity contribution in [1.29, 1.82) is 0 Å². The minimum atomic E-state index is -3.00. The molecule has 2 aliphatic heterocycles. The van der Waals surface area contributed by atoms with Gasteiger partial charge in [0.15, 0.2) is 16.0 Å². The van der Waals surface area contributed by atoms with Gasteiger partial charge in [0.25, 0.3) is 5.91 Å². The summed E-state index contributed by atoms with van der Waals surface area (Å²) in [6, 6.07) is 1.25. The molecule has 0 saturated carbocycles. The molecule has 190 valence electrons. The van der Waals surface area contributed by atoms with Crippen molar-refractivity contribution in [2.45, 2.75) is 51.1 Å². The monoisotopic (exact) mass is 509 g/mol. The Hall–Kier alpha value is -3.22. The molecular weight excluding hydrogens is 481 g/mol. The van der Waals surface area contributed by atoms with Crippen LogP contribution in [-0.2, 0) is 14.6 Å². The summed E-state index contributed by atoms with van der Waals surface area (Å²) in [5, 5.41) is 4.21. The minimum absolute atomic E-state index is 0.0248.